The maximum atomic E-state index is 13.3. The van der Waals surface area contributed by atoms with E-state index in [1.165, 1.54) is 12.1 Å². The molecule has 0 N–H and O–H groups in total. The molecule has 0 aromatic heterocycles. The van der Waals surface area contributed by atoms with Gasteiger partial charge in [-0.2, -0.15) is 13.2 Å². The van der Waals surface area contributed by atoms with E-state index in [9.17, 15) is 33.4 Å². The largest absolute Gasteiger partial charge is 0.450 e. The van der Waals surface area contributed by atoms with Crippen LogP contribution in [0.1, 0.15) is 0 Å². The normalized spacial score (nSPS) is 9.82. The number of nitrogens with zero attached hydrogens (tertiary/aromatic N) is 2. The highest BCUT2D eigenvalue weighted by atomic mass is 19.1. The van der Waals surface area contributed by atoms with Gasteiger partial charge in [0.25, 0.3) is 0 Å². The average molecular weight is 392 g/mol. The molecule has 7 nitrogen and oxygen atoms in total. The number of hydrogen-bond acceptors (Lipinski definition) is 5. The van der Waals surface area contributed by atoms with Crippen LogP contribution in [0, 0.1) is 37.7 Å². The monoisotopic (exact) mass is 392 g/mol. The highest BCUT2D eigenvalue weighted by Gasteiger charge is 2.21. The first-order chi connectivity index (χ1) is 13.3. The van der Waals surface area contributed by atoms with Crippen molar-refractivity contribution in [1.29, 1.82) is 0 Å². The highest BCUT2D eigenvalue weighted by molar-refractivity contribution is 5.49. The summed E-state index contributed by atoms with van der Waals surface area (Å²) in [7, 11) is 0. The number of nitro benzene ring substituents is 2. The number of rotatable bonds is 4. The van der Waals surface area contributed by atoms with Crippen LogP contribution in [0.5, 0.6) is 11.5 Å². The number of hydrogen-bond donors (Lipinski definition) is 0. The topological polar surface area (TPSA) is 95.5 Å². The molecule has 144 valence electrons. The lowest BCUT2D eigenvalue weighted by Gasteiger charge is -2.05. The number of nitro groups is 2. The molecule has 0 fully saturated rings. The lowest BCUT2D eigenvalue weighted by Crippen LogP contribution is -1.96. The summed E-state index contributed by atoms with van der Waals surface area (Å²) >= 11 is 0. The second-order valence-electron chi connectivity index (χ2n) is 5.09. The van der Waals surface area contributed by atoms with Gasteiger partial charge in [0.2, 0.25) is 23.2 Å². The van der Waals surface area contributed by atoms with Crippen LogP contribution < -0.4 is 4.74 Å². The van der Waals surface area contributed by atoms with Gasteiger partial charge in [-0.25, -0.2) is 0 Å². The molecule has 0 bridgehead atoms. The summed E-state index contributed by atoms with van der Waals surface area (Å²) in [5.41, 5.74) is -1.76. The van der Waals surface area contributed by atoms with Crippen molar-refractivity contribution in [3.05, 3.63) is 104 Å². The first kappa shape index (κ1) is 20.4. The molecule has 0 aliphatic carbocycles. The number of halogens is 3. The van der Waals surface area contributed by atoms with E-state index in [1.54, 1.807) is 30.3 Å². The Bertz CT molecular complexity index is 980. The van der Waals surface area contributed by atoms with E-state index >= 15 is 0 Å². The molecule has 0 saturated heterocycles. The van der Waals surface area contributed by atoms with Crippen molar-refractivity contribution in [3.63, 3.8) is 0 Å². The summed E-state index contributed by atoms with van der Waals surface area (Å²) in [6.07, 6.45) is 0. The minimum absolute atomic E-state index is 0.110. The van der Waals surface area contributed by atoms with Crippen molar-refractivity contribution in [2.24, 2.45) is 0 Å². The van der Waals surface area contributed by atoms with E-state index in [2.05, 4.69) is 0 Å². The van der Waals surface area contributed by atoms with E-state index < -0.39 is 38.7 Å². The minimum Gasteiger partial charge on any atom is -0.450 e. The molecular formula is C18H11F3N2O5. The summed E-state index contributed by atoms with van der Waals surface area (Å²) in [6.45, 7) is 0. The molecule has 0 amide bonds. The van der Waals surface area contributed by atoms with Gasteiger partial charge in [0, 0.05) is 0 Å². The van der Waals surface area contributed by atoms with E-state index in [0.29, 0.717) is 5.75 Å². The van der Waals surface area contributed by atoms with Gasteiger partial charge in [-0.05, 0) is 36.4 Å². The van der Waals surface area contributed by atoms with Gasteiger partial charge in [0.15, 0.2) is 0 Å². The second kappa shape index (κ2) is 9.12. The van der Waals surface area contributed by atoms with Crippen LogP contribution in [-0.4, -0.2) is 9.85 Å². The Labute approximate surface area is 155 Å². The van der Waals surface area contributed by atoms with Gasteiger partial charge in [0.05, 0.1) is 9.85 Å². The molecule has 0 aliphatic heterocycles. The van der Waals surface area contributed by atoms with E-state index in [4.69, 9.17) is 4.74 Å². The van der Waals surface area contributed by atoms with Crippen LogP contribution in [0.3, 0.4) is 0 Å². The zero-order valence-corrected chi connectivity index (χ0v) is 13.9. The van der Waals surface area contributed by atoms with Crippen LogP contribution in [0.4, 0.5) is 24.5 Å². The van der Waals surface area contributed by atoms with Crippen molar-refractivity contribution in [2.75, 3.05) is 0 Å². The molecular weight excluding hydrogens is 381 g/mol. The molecule has 0 aliphatic rings. The standard InChI is InChI=1S/C12H8FNO3.C6H3F2NO2/c13-10-7-4-8-11(12(10)14(15)16)17-9-5-2-1-3-6-9;7-4-2-1-3-5(8)6(4)9(10)11/h1-8H;1-3H. The Hall–Kier alpha value is -3.95. The summed E-state index contributed by atoms with van der Waals surface area (Å²) < 4.78 is 43.4. The predicted octanol–water partition coefficient (Wildman–Crippen LogP) is 5.40. The van der Waals surface area contributed by atoms with Crippen molar-refractivity contribution >= 4 is 11.4 Å². The van der Waals surface area contributed by atoms with Gasteiger partial charge < -0.3 is 4.74 Å². The first-order valence-electron chi connectivity index (χ1n) is 7.55. The SMILES string of the molecule is O=[N+]([O-])c1c(F)cccc1F.O=[N+]([O-])c1c(F)cccc1Oc1ccccc1. The lowest BCUT2D eigenvalue weighted by atomic mass is 10.3. The third-order valence-electron chi connectivity index (χ3n) is 3.22. The van der Waals surface area contributed by atoms with Crippen molar-refractivity contribution < 1.29 is 27.8 Å². The van der Waals surface area contributed by atoms with Crippen LogP contribution in [-0.2, 0) is 0 Å². The van der Waals surface area contributed by atoms with E-state index in [0.717, 1.165) is 24.3 Å². The molecule has 0 saturated carbocycles. The van der Waals surface area contributed by atoms with E-state index in [-0.39, 0.29) is 5.75 Å². The second-order valence-corrected chi connectivity index (χ2v) is 5.09. The van der Waals surface area contributed by atoms with Crippen LogP contribution >= 0.6 is 0 Å². The van der Waals surface area contributed by atoms with Crippen molar-refractivity contribution in [3.8, 4) is 11.5 Å². The molecule has 0 spiro atoms. The van der Waals surface area contributed by atoms with E-state index in [1.807, 2.05) is 0 Å². The Morgan fingerprint density at radius 3 is 1.57 bits per heavy atom. The summed E-state index contributed by atoms with van der Waals surface area (Å²) in [5.74, 6) is -2.92. The Balaban J connectivity index is 0.000000221. The lowest BCUT2D eigenvalue weighted by molar-refractivity contribution is -0.390. The molecule has 28 heavy (non-hydrogen) atoms. The molecule has 0 atom stereocenters. The Morgan fingerprint density at radius 1 is 0.643 bits per heavy atom. The van der Waals surface area contributed by atoms with Gasteiger partial charge in [-0.3, -0.25) is 20.2 Å². The summed E-state index contributed by atoms with van der Waals surface area (Å²) in [6, 6.07) is 15.0. The van der Waals surface area contributed by atoms with Gasteiger partial charge in [0.1, 0.15) is 5.75 Å². The fourth-order valence-electron chi connectivity index (χ4n) is 2.03. The Kier molecular flexibility index (Phi) is 6.63. The predicted molar refractivity (Wildman–Crippen MR) is 92.6 cm³/mol. The van der Waals surface area contributed by atoms with Crippen LogP contribution in [0.25, 0.3) is 0 Å². The van der Waals surface area contributed by atoms with Crippen LogP contribution in [0.2, 0.25) is 0 Å². The smallest absolute Gasteiger partial charge is 0.346 e. The van der Waals surface area contributed by atoms with Gasteiger partial charge in [-0.15, -0.1) is 0 Å². The van der Waals surface area contributed by atoms with Crippen molar-refractivity contribution in [2.45, 2.75) is 0 Å². The maximum absolute atomic E-state index is 13.3. The van der Waals surface area contributed by atoms with Gasteiger partial charge >= 0.3 is 11.4 Å². The quantitative estimate of drug-likeness (QED) is 0.438. The molecule has 0 heterocycles. The fourth-order valence-corrected chi connectivity index (χ4v) is 2.03. The molecule has 3 aromatic rings. The minimum atomic E-state index is -1.16. The van der Waals surface area contributed by atoms with Crippen LogP contribution in [0.15, 0.2) is 66.7 Å². The van der Waals surface area contributed by atoms with Crippen molar-refractivity contribution in [1.82, 2.24) is 0 Å². The molecule has 0 unspecified atom stereocenters. The Morgan fingerprint density at radius 2 is 1.11 bits per heavy atom. The zero-order chi connectivity index (χ0) is 20.7. The summed E-state index contributed by atoms with van der Waals surface area (Å²) in [4.78, 5) is 18.8. The highest BCUT2D eigenvalue weighted by Crippen LogP contribution is 2.33. The zero-order valence-electron chi connectivity index (χ0n) is 13.9. The molecule has 10 heteroatoms. The molecule has 3 rings (SSSR count). The number of benzene rings is 3. The molecule has 3 aromatic carbocycles. The third-order valence-corrected chi connectivity index (χ3v) is 3.22. The molecule has 0 radical (unpaired) electrons. The fraction of sp³-hybridized carbons (Fsp3) is 0. The number of ether oxygens (including phenoxy) is 1. The third kappa shape index (κ3) is 5.04. The maximum Gasteiger partial charge on any atom is 0.346 e. The number of para-hydroxylation sites is 3. The average Bonchev–Trinajstić information content (AvgIpc) is 2.62. The first-order valence-corrected chi connectivity index (χ1v) is 7.55. The summed E-state index contributed by atoms with van der Waals surface area (Å²) in [5, 5.41) is 20.7. The van der Waals surface area contributed by atoms with Gasteiger partial charge in [-0.1, -0.05) is 30.3 Å².